The Morgan fingerprint density at radius 1 is 1.47 bits per heavy atom. The number of thiazole rings is 1. The van der Waals surface area contributed by atoms with E-state index in [-0.39, 0.29) is 34.6 Å². The maximum atomic E-state index is 12.7. The number of ether oxygens (including phenoxy) is 1. The molecule has 12 nitrogen and oxygen atoms in total. The van der Waals surface area contributed by atoms with Gasteiger partial charge in [-0.1, -0.05) is 5.16 Å². The second-order valence-corrected chi connectivity index (χ2v) is 8.09. The molecule has 2 amide bonds. The highest BCUT2D eigenvalue weighted by Crippen LogP contribution is 2.40. The van der Waals surface area contributed by atoms with Crippen molar-refractivity contribution in [1.82, 2.24) is 15.2 Å². The molecule has 0 aromatic carbocycles. The van der Waals surface area contributed by atoms with Gasteiger partial charge in [-0.05, 0) is 0 Å². The topological polar surface area (TPSA) is 174 Å². The number of aliphatic carboxylic acids is 1. The number of aromatic nitrogens is 1. The SMILES string of the molecule is CON=C(C(=O)N[C@@H]1C(=O)N2C(C(=O)O)=C(COC(C)=O)CS[C@@H]12)c1csc(N)n1. The van der Waals surface area contributed by atoms with Gasteiger partial charge in [0.25, 0.3) is 11.8 Å². The number of thioether (sulfide) groups is 1. The summed E-state index contributed by atoms with van der Waals surface area (Å²) in [7, 11) is 1.25. The second-order valence-electron chi connectivity index (χ2n) is 6.09. The minimum atomic E-state index is -1.32. The quantitative estimate of drug-likeness (QED) is 0.208. The van der Waals surface area contributed by atoms with E-state index in [0.29, 0.717) is 5.57 Å². The number of fused-ring (bicyclic) bond motifs is 1. The van der Waals surface area contributed by atoms with Gasteiger partial charge >= 0.3 is 11.9 Å². The number of carbonyl (C=O) groups is 4. The fraction of sp³-hybridized carbons (Fsp3) is 0.375. The van der Waals surface area contributed by atoms with Crippen LogP contribution in [0.4, 0.5) is 5.13 Å². The number of nitrogens with two attached hydrogens (primary N) is 1. The van der Waals surface area contributed by atoms with Crippen LogP contribution in [0.15, 0.2) is 21.8 Å². The number of amides is 2. The Kier molecular flexibility index (Phi) is 6.26. The predicted molar refractivity (Wildman–Crippen MR) is 106 cm³/mol. The minimum absolute atomic E-state index is 0.165. The van der Waals surface area contributed by atoms with E-state index >= 15 is 0 Å². The van der Waals surface area contributed by atoms with E-state index in [1.54, 1.807) is 0 Å². The Labute approximate surface area is 178 Å². The molecule has 160 valence electrons. The van der Waals surface area contributed by atoms with Crippen LogP contribution in [-0.2, 0) is 28.8 Å². The first-order valence-electron chi connectivity index (χ1n) is 8.41. The Morgan fingerprint density at radius 2 is 2.20 bits per heavy atom. The number of carbonyl (C=O) groups excluding carboxylic acids is 3. The maximum absolute atomic E-state index is 12.7. The van der Waals surface area contributed by atoms with Gasteiger partial charge in [0.15, 0.2) is 10.8 Å². The van der Waals surface area contributed by atoms with Crippen LogP contribution >= 0.6 is 23.1 Å². The predicted octanol–water partition coefficient (Wildman–Crippen LogP) is -0.622. The number of β-lactam (4-membered cyclic amide) rings is 1. The van der Waals surface area contributed by atoms with Crippen LogP contribution < -0.4 is 11.1 Å². The second kappa shape index (κ2) is 8.71. The molecule has 2 aliphatic rings. The van der Waals surface area contributed by atoms with Crippen molar-refractivity contribution in [3.8, 4) is 0 Å². The molecule has 1 fully saturated rings. The molecule has 2 aliphatic heterocycles. The molecule has 4 N–H and O–H groups in total. The molecular formula is C16H17N5O7S2. The number of nitrogen functional groups attached to an aromatic ring is 1. The molecule has 2 atom stereocenters. The van der Waals surface area contributed by atoms with E-state index in [9.17, 15) is 24.3 Å². The zero-order chi connectivity index (χ0) is 22.0. The first-order chi connectivity index (χ1) is 14.2. The van der Waals surface area contributed by atoms with E-state index in [4.69, 9.17) is 10.5 Å². The summed E-state index contributed by atoms with van der Waals surface area (Å²) in [5.41, 5.74) is 5.67. The summed E-state index contributed by atoms with van der Waals surface area (Å²) >= 11 is 2.35. The van der Waals surface area contributed by atoms with Gasteiger partial charge < -0.3 is 25.7 Å². The number of esters is 1. The van der Waals surface area contributed by atoms with Gasteiger partial charge in [0.05, 0.1) is 0 Å². The van der Waals surface area contributed by atoms with Crippen LogP contribution in [0.2, 0.25) is 0 Å². The van der Waals surface area contributed by atoms with Gasteiger partial charge in [-0.2, -0.15) is 0 Å². The number of oxime groups is 1. The molecule has 0 saturated carbocycles. The molecule has 0 unspecified atom stereocenters. The van der Waals surface area contributed by atoms with Crippen molar-refractivity contribution in [3.05, 3.63) is 22.3 Å². The van der Waals surface area contributed by atoms with Gasteiger partial charge in [0, 0.05) is 23.6 Å². The van der Waals surface area contributed by atoms with Crippen LogP contribution in [0.25, 0.3) is 0 Å². The number of rotatable bonds is 7. The number of anilines is 1. The summed E-state index contributed by atoms with van der Waals surface area (Å²) < 4.78 is 4.88. The van der Waals surface area contributed by atoms with Gasteiger partial charge in [0.1, 0.15) is 36.5 Å². The lowest BCUT2D eigenvalue weighted by atomic mass is 10.0. The Morgan fingerprint density at radius 3 is 2.77 bits per heavy atom. The van der Waals surface area contributed by atoms with Gasteiger partial charge in [-0.25, -0.2) is 9.78 Å². The molecule has 1 saturated heterocycles. The first-order valence-corrected chi connectivity index (χ1v) is 10.3. The van der Waals surface area contributed by atoms with Crippen molar-refractivity contribution in [2.24, 2.45) is 5.16 Å². The van der Waals surface area contributed by atoms with Crippen molar-refractivity contribution >= 4 is 57.7 Å². The van der Waals surface area contributed by atoms with E-state index in [2.05, 4.69) is 20.3 Å². The van der Waals surface area contributed by atoms with E-state index in [1.165, 1.54) is 31.2 Å². The number of carboxylic acids is 1. The summed E-state index contributed by atoms with van der Waals surface area (Å²) in [6, 6.07) is -0.967. The molecule has 0 spiro atoms. The standard InChI is InChI=1S/C16H17N5O7S2/c1-6(22)28-3-7-4-29-14-10(13(24)21(14)11(7)15(25)26)19-12(23)9(20-27-2)8-5-30-16(17)18-8/h5,10,14H,3-4H2,1-2H3,(H2,17,18)(H,19,23)(H,25,26)/t10-,14+/m1/s1. The van der Waals surface area contributed by atoms with Gasteiger partial charge in [-0.3, -0.25) is 19.3 Å². The Hall–Kier alpha value is -3.13. The summed E-state index contributed by atoms with van der Waals surface area (Å²) in [5, 5.41) is 16.9. The highest BCUT2D eigenvalue weighted by Gasteiger charge is 2.54. The molecule has 0 bridgehead atoms. The molecule has 0 radical (unpaired) electrons. The largest absolute Gasteiger partial charge is 0.477 e. The zero-order valence-electron chi connectivity index (χ0n) is 15.8. The lowest BCUT2D eigenvalue weighted by molar-refractivity contribution is -0.150. The first kappa shape index (κ1) is 21.6. The molecule has 1 aromatic rings. The molecule has 0 aliphatic carbocycles. The highest BCUT2D eigenvalue weighted by molar-refractivity contribution is 8.00. The monoisotopic (exact) mass is 455 g/mol. The maximum Gasteiger partial charge on any atom is 0.352 e. The number of carboxylic acid groups (broad SMARTS) is 1. The van der Waals surface area contributed by atoms with Crippen LogP contribution in [0.5, 0.6) is 0 Å². The van der Waals surface area contributed by atoms with E-state index in [1.807, 2.05) is 0 Å². The van der Waals surface area contributed by atoms with Crippen LogP contribution in [0.3, 0.4) is 0 Å². The van der Waals surface area contributed by atoms with E-state index < -0.39 is 35.2 Å². The molecule has 1 aromatic heterocycles. The minimum Gasteiger partial charge on any atom is -0.477 e. The number of nitrogens with one attached hydrogen (secondary N) is 1. The van der Waals surface area contributed by atoms with Gasteiger partial charge in [0.2, 0.25) is 0 Å². The zero-order valence-corrected chi connectivity index (χ0v) is 17.4. The van der Waals surface area contributed by atoms with Crippen molar-refractivity contribution in [2.75, 3.05) is 25.2 Å². The number of hydrogen-bond acceptors (Lipinski definition) is 11. The summed E-state index contributed by atoms with van der Waals surface area (Å²) in [5.74, 6) is -2.98. The fourth-order valence-electron chi connectivity index (χ4n) is 2.88. The van der Waals surface area contributed by atoms with E-state index in [0.717, 1.165) is 16.2 Å². The summed E-state index contributed by atoms with van der Waals surface area (Å²) in [6.07, 6.45) is 0. The van der Waals surface area contributed by atoms with Crippen molar-refractivity contribution in [3.63, 3.8) is 0 Å². The smallest absolute Gasteiger partial charge is 0.352 e. The average Bonchev–Trinajstić information content (AvgIpc) is 3.13. The average molecular weight is 455 g/mol. The van der Waals surface area contributed by atoms with Gasteiger partial charge in [-0.15, -0.1) is 23.1 Å². The third-order valence-corrected chi connectivity index (χ3v) is 6.16. The molecule has 3 rings (SSSR count). The molecule has 3 heterocycles. The summed E-state index contributed by atoms with van der Waals surface area (Å²) in [4.78, 5) is 57.8. The Bertz CT molecular complexity index is 973. The van der Waals surface area contributed by atoms with Crippen LogP contribution in [-0.4, -0.2) is 75.3 Å². The third kappa shape index (κ3) is 4.09. The third-order valence-electron chi connectivity index (χ3n) is 4.15. The van der Waals surface area contributed by atoms with Crippen LogP contribution in [0, 0.1) is 0 Å². The summed E-state index contributed by atoms with van der Waals surface area (Å²) in [6.45, 7) is 0.975. The number of nitrogens with zero attached hydrogens (tertiary/aromatic N) is 3. The van der Waals surface area contributed by atoms with Crippen LogP contribution in [0.1, 0.15) is 12.6 Å². The van der Waals surface area contributed by atoms with Crippen molar-refractivity contribution in [2.45, 2.75) is 18.3 Å². The normalized spacial score (nSPS) is 20.9. The lowest BCUT2D eigenvalue weighted by Crippen LogP contribution is -2.71. The lowest BCUT2D eigenvalue weighted by Gasteiger charge is -2.49. The van der Waals surface area contributed by atoms with Crippen molar-refractivity contribution in [1.29, 1.82) is 0 Å². The fourth-order valence-corrected chi connectivity index (χ4v) is 4.76. The number of hydrogen-bond donors (Lipinski definition) is 3. The molecule has 30 heavy (non-hydrogen) atoms. The highest BCUT2D eigenvalue weighted by atomic mass is 32.2. The molecule has 14 heteroatoms. The molecular weight excluding hydrogens is 438 g/mol. The Balaban J connectivity index is 1.77. The van der Waals surface area contributed by atoms with Crippen molar-refractivity contribution < 1.29 is 33.9 Å².